The number of anilines is 1. The summed E-state index contributed by atoms with van der Waals surface area (Å²) < 4.78 is 38.5. The molecule has 1 rings (SSSR count). The number of nitro benzene ring substituents is 1. The van der Waals surface area contributed by atoms with E-state index in [0.29, 0.717) is 5.92 Å². The van der Waals surface area contributed by atoms with Gasteiger partial charge in [-0.15, -0.1) is 0 Å². The lowest BCUT2D eigenvalue weighted by atomic mass is 10.0. The third kappa shape index (κ3) is 5.24. The fourth-order valence-corrected chi connectivity index (χ4v) is 1.95. The Morgan fingerprint density at radius 3 is 2.33 bits per heavy atom. The molecule has 1 atom stereocenters. The van der Waals surface area contributed by atoms with Gasteiger partial charge < -0.3 is 5.32 Å². The molecule has 1 N–H and O–H groups in total. The topological polar surface area (TPSA) is 55.2 Å². The number of alkyl halides is 3. The Morgan fingerprint density at radius 2 is 1.86 bits per heavy atom. The summed E-state index contributed by atoms with van der Waals surface area (Å²) in [7, 11) is 0. The number of benzene rings is 1. The number of nitro groups is 1. The smallest absolute Gasteiger partial charge is 0.383 e. The second-order valence-electron chi connectivity index (χ2n) is 5.50. The molecule has 118 valence electrons. The number of nitrogens with zero attached hydrogens (tertiary/aromatic N) is 1. The standard InChI is InChI=1S/C14H19F3N2O2/c1-9(2)4-5-10(3)18-11-6-7-13(19(20)21)12(8-11)14(15,16)17/h6-10,18H,4-5H2,1-3H3. The van der Waals surface area contributed by atoms with Crippen molar-refractivity contribution in [2.75, 3.05) is 5.32 Å². The molecule has 0 spiro atoms. The monoisotopic (exact) mass is 304 g/mol. The zero-order valence-electron chi connectivity index (χ0n) is 12.2. The molecule has 7 heteroatoms. The summed E-state index contributed by atoms with van der Waals surface area (Å²) in [6, 6.07) is 2.98. The molecule has 0 radical (unpaired) electrons. The highest BCUT2D eigenvalue weighted by atomic mass is 19.4. The van der Waals surface area contributed by atoms with E-state index in [0.717, 1.165) is 25.0 Å². The van der Waals surface area contributed by atoms with Gasteiger partial charge in [0.05, 0.1) is 4.92 Å². The molecule has 0 aliphatic heterocycles. The van der Waals surface area contributed by atoms with Crippen LogP contribution >= 0.6 is 0 Å². The number of hydrogen-bond donors (Lipinski definition) is 1. The molecule has 0 aliphatic carbocycles. The molecule has 0 fully saturated rings. The van der Waals surface area contributed by atoms with Gasteiger partial charge in [-0.1, -0.05) is 13.8 Å². The minimum atomic E-state index is -4.75. The van der Waals surface area contributed by atoms with Crippen LogP contribution in [0.15, 0.2) is 18.2 Å². The molecule has 21 heavy (non-hydrogen) atoms. The van der Waals surface area contributed by atoms with Crippen molar-refractivity contribution in [1.82, 2.24) is 0 Å². The van der Waals surface area contributed by atoms with Crippen LogP contribution in [0.1, 0.15) is 39.2 Å². The molecule has 0 heterocycles. The van der Waals surface area contributed by atoms with Gasteiger partial charge in [0.1, 0.15) is 5.56 Å². The quantitative estimate of drug-likeness (QED) is 0.603. The number of halogens is 3. The first-order valence-electron chi connectivity index (χ1n) is 6.73. The summed E-state index contributed by atoms with van der Waals surface area (Å²) in [6.07, 6.45) is -2.98. The Kier molecular flexibility index (Phi) is 5.57. The second kappa shape index (κ2) is 6.78. The molecule has 1 aromatic rings. The van der Waals surface area contributed by atoms with Crippen molar-refractivity contribution in [1.29, 1.82) is 0 Å². The maximum Gasteiger partial charge on any atom is 0.423 e. The third-order valence-corrected chi connectivity index (χ3v) is 3.09. The van der Waals surface area contributed by atoms with Crippen LogP contribution in [0.4, 0.5) is 24.5 Å². The second-order valence-corrected chi connectivity index (χ2v) is 5.50. The molecule has 0 bridgehead atoms. The maximum absolute atomic E-state index is 12.8. The number of hydrogen-bond acceptors (Lipinski definition) is 3. The predicted molar refractivity (Wildman–Crippen MR) is 75.3 cm³/mol. The van der Waals surface area contributed by atoms with Gasteiger partial charge in [0.15, 0.2) is 0 Å². The van der Waals surface area contributed by atoms with Crippen LogP contribution in [0.25, 0.3) is 0 Å². The molecular formula is C14H19F3N2O2. The minimum Gasteiger partial charge on any atom is -0.383 e. The van der Waals surface area contributed by atoms with Gasteiger partial charge >= 0.3 is 6.18 Å². The van der Waals surface area contributed by atoms with E-state index in [9.17, 15) is 23.3 Å². The van der Waals surface area contributed by atoms with Crippen LogP contribution in [0.5, 0.6) is 0 Å². The fourth-order valence-electron chi connectivity index (χ4n) is 1.95. The van der Waals surface area contributed by atoms with E-state index in [1.165, 1.54) is 6.07 Å². The van der Waals surface area contributed by atoms with Crippen molar-refractivity contribution in [2.24, 2.45) is 5.92 Å². The van der Waals surface area contributed by atoms with Gasteiger partial charge in [0.2, 0.25) is 0 Å². The Balaban J connectivity index is 2.93. The lowest BCUT2D eigenvalue weighted by molar-refractivity contribution is -0.388. The number of rotatable bonds is 6. The first-order chi connectivity index (χ1) is 9.61. The lowest BCUT2D eigenvalue weighted by Gasteiger charge is -2.17. The van der Waals surface area contributed by atoms with Crippen molar-refractivity contribution < 1.29 is 18.1 Å². The largest absolute Gasteiger partial charge is 0.423 e. The fraction of sp³-hybridized carbons (Fsp3) is 0.571. The maximum atomic E-state index is 12.8. The Hall–Kier alpha value is -1.79. The Morgan fingerprint density at radius 1 is 1.24 bits per heavy atom. The van der Waals surface area contributed by atoms with Crippen LogP contribution in [0.3, 0.4) is 0 Å². The van der Waals surface area contributed by atoms with E-state index in [1.807, 2.05) is 6.92 Å². The molecule has 4 nitrogen and oxygen atoms in total. The minimum absolute atomic E-state index is 0.00469. The molecule has 1 aromatic carbocycles. The van der Waals surface area contributed by atoms with Gasteiger partial charge in [0.25, 0.3) is 5.69 Å². The highest BCUT2D eigenvalue weighted by Gasteiger charge is 2.38. The van der Waals surface area contributed by atoms with Crippen LogP contribution in [-0.2, 0) is 6.18 Å². The van der Waals surface area contributed by atoms with E-state index < -0.39 is 22.4 Å². The summed E-state index contributed by atoms with van der Waals surface area (Å²) in [5, 5.41) is 13.6. The van der Waals surface area contributed by atoms with Gasteiger partial charge in [-0.05, 0) is 37.8 Å². The van der Waals surface area contributed by atoms with Crippen molar-refractivity contribution >= 4 is 11.4 Å². The van der Waals surface area contributed by atoms with Crippen molar-refractivity contribution in [3.8, 4) is 0 Å². The van der Waals surface area contributed by atoms with E-state index >= 15 is 0 Å². The summed E-state index contributed by atoms with van der Waals surface area (Å²) in [5.74, 6) is 0.511. The van der Waals surface area contributed by atoms with Crippen molar-refractivity contribution in [3.05, 3.63) is 33.9 Å². The molecule has 0 aromatic heterocycles. The molecule has 0 amide bonds. The molecule has 0 saturated carbocycles. The van der Waals surface area contributed by atoms with Crippen LogP contribution in [0.2, 0.25) is 0 Å². The summed E-state index contributed by atoms with van der Waals surface area (Å²) in [6.45, 7) is 6.01. The van der Waals surface area contributed by atoms with Gasteiger partial charge in [-0.3, -0.25) is 10.1 Å². The van der Waals surface area contributed by atoms with Crippen molar-refractivity contribution in [3.63, 3.8) is 0 Å². The van der Waals surface area contributed by atoms with Crippen LogP contribution in [-0.4, -0.2) is 11.0 Å². The first-order valence-corrected chi connectivity index (χ1v) is 6.73. The summed E-state index contributed by atoms with van der Waals surface area (Å²) in [4.78, 5) is 9.65. The van der Waals surface area contributed by atoms with E-state index in [1.54, 1.807) is 0 Å². The zero-order chi connectivity index (χ0) is 16.2. The third-order valence-electron chi connectivity index (χ3n) is 3.09. The summed E-state index contributed by atoms with van der Waals surface area (Å²) in [5.41, 5.74) is -1.92. The first kappa shape index (κ1) is 17.3. The van der Waals surface area contributed by atoms with Gasteiger partial charge in [0, 0.05) is 17.8 Å². The van der Waals surface area contributed by atoms with Crippen molar-refractivity contribution in [2.45, 2.75) is 45.8 Å². The van der Waals surface area contributed by atoms with E-state index in [4.69, 9.17) is 0 Å². The highest BCUT2D eigenvalue weighted by Crippen LogP contribution is 2.37. The average molecular weight is 304 g/mol. The molecule has 0 aliphatic rings. The van der Waals surface area contributed by atoms with E-state index in [-0.39, 0.29) is 11.7 Å². The van der Waals surface area contributed by atoms with Gasteiger partial charge in [-0.2, -0.15) is 13.2 Å². The molecule has 1 unspecified atom stereocenters. The zero-order valence-corrected chi connectivity index (χ0v) is 12.2. The van der Waals surface area contributed by atoms with Gasteiger partial charge in [-0.25, -0.2) is 0 Å². The Bertz CT molecular complexity index is 501. The normalized spacial score (nSPS) is 13.3. The average Bonchev–Trinajstić information content (AvgIpc) is 2.35. The van der Waals surface area contributed by atoms with Crippen LogP contribution < -0.4 is 5.32 Å². The Labute approximate surface area is 121 Å². The SMILES string of the molecule is CC(C)CCC(C)Nc1ccc([N+](=O)[O-])c(C(F)(F)F)c1. The van der Waals surface area contributed by atoms with Crippen LogP contribution in [0, 0.1) is 16.0 Å². The number of nitrogens with one attached hydrogen (secondary N) is 1. The van der Waals surface area contributed by atoms with E-state index in [2.05, 4.69) is 19.2 Å². The lowest BCUT2D eigenvalue weighted by Crippen LogP contribution is -2.17. The molecular weight excluding hydrogens is 285 g/mol. The predicted octanol–water partition coefficient (Wildman–Crippen LogP) is 4.85. The highest BCUT2D eigenvalue weighted by molar-refractivity contribution is 5.55. The summed E-state index contributed by atoms with van der Waals surface area (Å²) >= 11 is 0. The molecule has 0 saturated heterocycles.